The number of aliphatic hydroxyl groups excluding tert-OH is 2. The van der Waals surface area contributed by atoms with Gasteiger partial charge in [0, 0.05) is 0 Å². The van der Waals surface area contributed by atoms with Gasteiger partial charge in [0.15, 0.2) is 0 Å². The molecule has 0 aromatic heterocycles. The molecule has 0 heterocycles. The Hall–Kier alpha value is -1.22. The van der Waals surface area contributed by atoms with E-state index in [9.17, 15) is 19.8 Å². The molecule has 0 aromatic carbocycles. The average molecular weight is 605 g/mol. The average Bonchev–Trinajstić information content (AvgIpc) is 2.89. The molecule has 8 heteroatoms. The van der Waals surface area contributed by atoms with Crippen molar-refractivity contribution < 1.29 is 39.0 Å². The predicted octanol–water partition coefficient (Wildman–Crippen LogP) is 4.44. The molecule has 0 aromatic rings. The van der Waals surface area contributed by atoms with E-state index in [0.29, 0.717) is 0 Å². The third-order valence-electron chi connectivity index (χ3n) is 7.15. The van der Waals surface area contributed by atoms with Crippen LogP contribution < -0.4 is 10.2 Å². The lowest BCUT2D eigenvalue weighted by Gasteiger charge is -2.23. The first-order chi connectivity index (χ1) is 19.6. The van der Waals surface area contributed by atoms with E-state index < -0.39 is 24.1 Å². The molecule has 0 amide bonds. The van der Waals surface area contributed by atoms with Gasteiger partial charge in [0.05, 0.1) is 67.3 Å². The number of aliphatic hydroxyl groups is 2. The molecule has 0 aliphatic carbocycles. The SMILES string of the molecule is CCCCCCCCCCCC[N+](C)(C)C.CCCCCCCCCCCC[N+](C)(C)C.O=C([O-])C(O)C(O)C(=O)[O-]. The highest BCUT2D eigenvalue weighted by Crippen LogP contribution is 2.12. The van der Waals surface area contributed by atoms with E-state index in [1.54, 1.807) is 0 Å². The summed E-state index contributed by atoms with van der Waals surface area (Å²) in [6.45, 7) is 7.23. The lowest BCUT2D eigenvalue weighted by atomic mass is 10.1. The molecular weight excluding hydrogens is 532 g/mol. The van der Waals surface area contributed by atoms with Gasteiger partial charge in [-0.3, -0.25) is 0 Å². The zero-order valence-corrected chi connectivity index (χ0v) is 29.1. The molecule has 0 rings (SSSR count). The van der Waals surface area contributed by atoms with E-state index in [2.05, 4.69) is 56.1 Å². The van der Waals surface area contributed by atoms with Gasteiger partial charge in [0.25, 0.3) is 0 Å². The number of hydrogen-bond donors (Lipinski definition) is 2. The minimum absolute atomic E-state index is 1.12. The maximum absolute atomic E-state index is 9.63. The number of rotatable bonds is 25. The monoisotopic (exact) mass is 605 g/mol. The van der Waals surface area contributed by atoms with Crippen molar-refractivity contribution in [3.63, 3.8) is 0 Å². The maximum atomic E-state index is 9.63. The van der Waals surface area contributed by atoms with Crippen molar-refractivity contribution in [1.82, 2.24) is 0 Å². The van der Waals surface area contributed by atoms with Crippen molar-refractivity contribution in [3.8, 4) is 0 Å². The van der Waals surface area contributed by atoms with Gasteiger partial charge in [-0.2, -0.15) is 0 Å². The van der Waals surface area contributed by atoms with Crippen LogP contribution in [0, 0.1) is 0 Å². The van der Waals surface area contributed by atoms with Crippen LogP contribution in [0.2, 0.25) is 0 Å². The lowest BCUT2D eigenvalue weighted by molar-refractivity contribution is -0.870. The van der Waals surface area contributed by atoms with Crippen molar-refractivity contribution >= 4 is 11.9 Å². The number of carbonyl (C=O) groups is 2. The molecule has 2 N–H and O–H groups in total. The fourth-order valence-corrected chi connectivity index (χ4v) is 4.40. The molecule has 0 fully saturated rings. The second kappa shape index (κ2) is 29.8. The topological polar surface area (TPSA) is 121 Å². The summed E-state index contributed by atoms with van der Waals surface area (Å²) in [6.07, 6.45) is 23.9. The Labute approximate surface area is 260 Å². The van der Waals surface area contributed by atoms with Gasteiger partial charge in [-0.15, -0.1) is 0 Å². The van der Waals surface area contributed by atoms with Crippen molar-refractivity contribution in [3.05, 3.63) is 0 Å². The number of carboxylic acid groups (broad SMARTS) is 2. The quantitative estimate of drug-likeness (QED) is 0.117. The van der Waals surface area contributed by atoms with Gasteiger partial charge in [-0.25, -0.2) is 0 Å². The molecule has 0 saturated heterocycles. The Morgan fingerprint density at radius 3 is 0.810 bits per heavy atom. The molecule has 8 nitrogen and oxygen atoms in total. The van der Waals surface area contributed by atoms with Crippen molar-refractivity contribution in [1.29, 1.82) is 0 Å². The molecular formula is C34H72N2O6. The first kappa shape index (κ1) is 45.2. The van der Waals surface area contributed by atoms with Crippen LogP contribution in [-0.4, -0.2) is 98.7 Å². The van der Waals surface area contributed by atoms with Crippen LogP contribution in [0.3, 0.4) is 0 Å². The molecule has 0 radical (unpaired) electrons. The Morgan fingerprint density at radius 1 is 0.452 bits per heavy atom. The number of aliphatic carboxylic acids is 2. The predicted molar refractivity (Wildman–Crippen MR) is 172 cm³/mol. The smallest absolute Gasteiger partial charge is 0.124 e. The molecule has 0 aliphatic heterocycles. The van der Waals surface area contributed by atoms with Crippen LogP contribution >= 0.6 is 0 Å². The highest BCUT2D eigenvalue weighted by molar-refractivity contribution is 5.80. The van der Waals surface area contributed by atoms with Crippen LogP contribution in [-0.2, 0) is 9.59 Å². The number of unbranched alkanes of at least 4 members (excludes halogenated alkanes) is 18. The standard InChI is InChI=1S/2C15H34N.C4H6O6/c2*1-5-6-7-8-9-10-11-12-13-14-15-16(2,3)4;5-1(3(7)8)2(6)4(9)10/h2*5-15H2,1-4H3;1-2,5-6H,(H,7,8)(H,9,10)/q2*+1;/p-2. The minimum atomic E-state index is -2.44. The zero-order valence-electron chi connectivity index (χ0n) is 29.1. The summed E-state index contributed by atoms with van der Waals surface area (Å²) in [4.78, 5) is 19.3. The van der Waals surface area contributed by atoms with Gasteiger partial charge >= 0.3 is 0 Å². The van der Waals surface area contributed by atoms with Gasteiger partial charge in [0.2, 0.25) is 0 Å². The van der Waals surface area contributed by atoms with E-state index in [1.165, 1.54) is 142 Å². The van der Waals surface area contributed by atoms with Crippen LogP contribution in [0.4, 0.5) is 0 Å². The molecule has 254 valence electrons. The van der Waals surface area contributed by atoms with Crippen LogP contribution in [0.1, 0.15) is 142 Å². The van der Waals surface area contributed by atoms with Gasteiger partial charge in [0.1, 0.15) is 12.2 Å². The molecule has 0 aliphatic rings. The number of carboxylic acids is 2. The highest BCUT2D eigenvalue weighted by atomic mass is 16.4. The van der Waals surface area contributed by atoms with Crippen LogP contribution in [0.25, 0.3) is 0 Å². The molecule has 0 bridgehead atoms. The Morgan fingerprint density at radius 2 is 0.643 bits per heavy atom. The molecule has 0 saturated carbocycles. The third kappa shape index (κ3) is 40.9. The van der Waals surface area contributed by atoms with Crippen molar-refractivity contribution in [2.45, 2.75) is 154 Å². The number of carbonyl (C=O) groups excluding carboxylic acids is 2. The summed E-state index contributed by atoms with van der Waals surface area (Å²) in [6, 6.07) is 0. The molecule has 2 unspecified atom stereocenters. The van der Waals surface area contributed by atoms with Gasteiger partial charge < -0.3 is 39.0 Å². The van der Waals surface area contributed by atoms with Gasteiger partial charge in [-0.1, -0.05) is 117 Å². The summed E-state index contributed by atoms with van der Waals surface area (Å²) >= 11 is 0. The zero-order chi connectivity index (χ0) is 32.9. The summed E-state index contributed by atoms with van der Waals surface area (Å²) < 4.78 is 2.24. The fraction of sp³-hybridized carbons (Fsp3) is 0.941. The van der Waals surface area contributed by atoms with Crippen molar-refractivity contribution in [2.75, 3.05) is 55.4 Å². The number of nitrogens with zero attached hydrogens (tertiary/aromatic N) is 2. The summed E-state index contributed by atoms with van der Waals surface area (Å²) in [5.41, 5.74) is 0. The minimum Gasteiger partial charge on any atom is -0.547 e. The van der Waals surface area contributed by atoms with E-state index in [-0.39, 0.29) is 0 Å². The second-order valence-corrected chi connectivity index (χ2v) is 13.9. The Balaban J connectivity index is -0.000000560. The lowest BCUT2D eigenvalue weighted by Crippen LogP contribution is -2.51. The van der Waals surface area contributed by atoms with Crippen LogP contribution in [0.5, 0.6) is 0 Å². The van der Waals surface area contributed by atoms with E-state index in [0.717, 1.165) is 8.97 Å². The Bertz CT molecular complexity index is 550. The molecule has 42 heavy (non-hydrogen) atoms. The highest BCUT2D eigenvalue weighted by Gasteiger charge is 2.17. The summed E-state index contributed by atoms with van der Waals surface area (Å²) in [7, 11) is 13.7. The second-order valence-electron chi connectivity index (χ2n) is 13.9. The number of hydrogen-bond acceptors (Lipinski definition) is 6. The molecule has 2 atom stereocenters. The summed E-state index contributed by atoms with van der Waals surface area (Å²) in [5.74, 6) is -4.12. The van der Waals surface area contributed by atoms with Crippen LogP contribution in [0.15, 0.2) is 0 Å². The first-order valence-electron chi connectivity index (χ1n) is 17.0. The van der Waals surface area contributed by atoms with E-state index in [4.69, 9.17) is 10.2 Å². The normalized spacial score (nSPS) is 12.9. The van der Waals surface area contributed by atoms with Gasteiger partial charge in [-0.05, 0) is 25.7 Å². The Kier molecular flexibility index (Phi) is 32.1. The van der Waals surface area contributed by atoms with E-state index in [1.807, 2.05) is 0 Å². The molecule has 0 spiro atoms. The maximum Gasteiger partial charge on any atom is 0.124 e. The van der Waals surface area contributed by atoms with E-state index >= 15 is 0 Å². The van der Waals surface area contributed by atoms with Crippen molar-refractivity contribution in [2.24, 2.45) is 0 Å². The summed E-state index contributed by atoms with van der Waals surface area (Å²) in [5, 5.41) is 35.7. The number of quaternary nitrogens is 2. The third-order valence-corrected chi connectivity index (χ3v) is 7.15. The largest absolute Gasteiger partial charge is 0.547 e. The fourth-order valence-electron chi connectivity index (χ4n) is 4.40. The first-order valence-corrected chi connectivity index (χ1v) is 17.0.